The minimum Gasteiger partial charge on any atom is -0.464 e. The van der Waals surface area contributed by atoms with E-state index in [0.29, 0.717) is 6.61 Å². The summed E-state index contributed by atoms with van der Waals surface area (Å²) in [5.74, 6) is -0.0749. The Morgan fingerprint density at radius 1 is 1.24 bits per heavy atom. The van der Waals surface area contributed by atoms with Gasteiger partial charge in [0.1, 0.15) is 6.61 Å². The van der Waals surface area contributed by atoms with Gasteiger partial charge in [0.15, 0.2) is 0 Å². The summed E-state index contributed by atoms with van der Waals surface area (Å²) in [5.41, 5.74) is -0.345. The Morgan fingerprint density at radius 3 is 2.35 bits per heavy atom. The van der Waals surface area contributed by atoms with Gasteiger partial charge in [-0.2, -0.15) is 0 Å². The number of ether oxygens (including phenoxy) is 1. The van der Waals surface area contributed by atoms with Gasteiger partial charge in [0, 0.05) is 32.7 Å². The molecule has 0 aliphatic carbocycles. The monoisotopic (exact) mass is 242 g/mol. The van der Waals surface area contributed by atoms with Crippen LogP contribution in [-0.4, -0.2) is 62.1 Å². The summed E-state index contributed by atoms with van der Waals surface area (Å²) in [6.45, 7) is 11.6. The predicted molar refractivity (Wildman–Crippen MR) is 69.0 cm³/mol. The van der Waals surface area contributed by atoms with Crippen molar-refractivity contribution in [2.75, 3.05) is 46.4 Å². The van der Waals surface area contributed by atoms with Gasteiger partial charge >= 0.3 is 5.97 Å². The van der Waals surface area contributed by atoms with E-state index in [9.17, 15) is 4.79 Å². The maximum atomic E-state index is 11.7. The molecule has 0 unspecified atom stereocenters. The number of rotatable bonds is 5. The molecule has 17 heavy (non-hydrogen) atoms. The van der Waals surface area contributed by atoms with Crippen molar-refractivity contribution in [1.29, 1.82) is 0 Å². The van der Waals surface area contributed by atoms with Gasteiger partial charge in [-0.05, 0) is 27.3 Å². The summed E-state index contributed by atoms with van der Waals surface area (Å²) in [5, 5.41) is 0. The van der Waals surface area contributed by atoms with Crippen molar-refractivity contribution in [3.8, 4) is 0 Å². The Balaban J connectivity index is 2.18. The second kappa shape index (κ2) is 6.36. The number of hydrogen-bond acceptors (Lipinski definition) is 4. The SMILES string of the molecule is CCC(C)(C)C(=O)OCCN1CCN(C)CC1. The molecule has 1 aliphatic heterocycles. The fourth-order valence-electron chi connectivity index (χ4n) is 1.68. The van der Waals surface area contributed by atoms with Gasteiger partial charge < -0.3 is 9.64 Å². The van der Waals surface area contributed by atoms with Crippen LogP contribution < -0.4 is 0 Å². The van der Waals surface area contributed by atoms with E-state index >= 15 is 0 Å². The minimum atomic E-state index is -0.345. The number of carbonyl (C=O) groups excluding carboxylic acids is 1. The second-order valence-electron chi connectivity index (χ2n) is 5.52. The van der Waals surface area contributed by atoms with Crippen LogP contribution in [0.1, 0.15) is 27.2 Å². The number of carbonyl (C=O) groups is 1. The molecule has 1 heterocycles. The molecule has 1 saturated heterocycles. The Kier molecular flexibility index (Phi) is 5.40. The van der Waals surface area contributed by atoms with Crippen LogP contribution in [0.25, 0.3) is 0 Å². The van der Waals surface area contributed by atoms with Crippen molar-refractivity contribution in [3.05, 3.63) is 0 Å². The Labute approximate surface area is 105 Å². The maximum absolute atomic E-state index is 11.7. The molecule has 0 aromatic carbocycles. The van der Waals surface area contributed by atoms with Gasteiger partial charge in [-0.15, -0.1) is 0 Å². The molecule has 0 saturated carbocycles. The predicted octanol–water partition coefficient (Wildman–Crippen LogP) is 1.21. The first-order valence-corrected chi connectivity index (χ1v) is 6.54. The fourth-order valence-corrected chi connectivity index (χ4v) is 1.68. The second-order valence-corrected chi connectivity index (χ2v) is 5.52. The van der Waals surface area contributed by atoms with Crippen LogP contribution in [-0.2, 0) is 9.53 Å². The van der Waals surface area contributed by atoms with E-state index in [-0.39, 0.29) is 11.4 Å². The van der Waals surface area contributed by atoms with E-state index in [2.05, 4.69) is 16.8 Å². The molecule has 0 N–H and O–H groups in total. The van der Waals surface area contributed by atoms with Gasteiger partial charge in [-0.3, -0.25) is 9.69 Å². The quantitative estimate of drug-likeness (QED) is 0.679. The fraction of sp³-hybridized carbons (Fsp3) is 0.923. The van der Waals surface area contributed by atoms with Crippen molar-refractivity contribution in [3.63, 3.8) is 0 Å². The molecule has 0 spiro atoms. The lowest BCUT2D eigenvalue weighted by molar-refractivity contribution is -0.154. The number of esters is 1. The van der Waals surface area contributed by atoms with Crippen molar-refractivity contribution in [2.45, 2.75) is 27.2 Å². The van der Waals surface area contributed by atoms with E-state index < -0.39 is 0 Å². The molecule has 4 nitrogen and oxygen atoms in total. The lowest BCUT2D eigenvalue weighted by Gasteiger charge is -2.32. The Bertz CT molecular complexity index is 246. The average molecular weight is 242 g/mol. The van der Waals surface area contributed by atoms with E-state index in [0.717, 1.165) is 39.1 Å². The third kappa shape index (κ3) is 4.64. The molecule has 1 fully saturated rings. The molecule has 0 aromatic rings. The van der Waals surface area contributed by atoms with E-state index in [1.807, 2.05) is 20.8 Å². The maximum Gasteiger partial charge on any atom is 0.311 e. The number of piperazine rings is 1. The van der Waals surface area contributed by atoms with Crippen LogP contribution in [0.4, 0.5) is 0 Å². The zero-order valence-electron chi connectivity index (χ0n) is 11.7. The Hall–Kier alpha value is -0.610. The van der Waals surface area contributed by atoms with Gasteiger partial charge in [0.25, 0.3) is 0 Å². The Morgan fingerprint density at radius 2 is 1.82 bits per heavy atom. The van der Waals surface area contributed by atoms with E-state index in [1.54, 1.807) is 0 Å². The van der Waals surface area contributed by atoms with Crippen LogP contribution in [0.2, 0.25) is 0 Å². The normalized spacial score (nSPS) is 19.3. The zero-order chi connectivity index (χ0) is 12.9. The van der Waals surface area contributed by atoms with Crippen LogP contribution in [0.3, 0.4) is 0 Å². The number of likely N-dealkylation sites (N-methyl/N-ethyl adjacent to an activating group) is 1. The summed E-state index contributed by atoms with van der Waals surface area (Å²) in [4.78, 5) is 16.4. The lowest BCUT2D eigenvalue weighted by atomic mass is 9.91. The zero-order valence-corrected chi connectivity index (χ0v) is 11.7. The summed E-state index contributed by atoms with van der Waals surface area (Å²) in [7, 11) is 2.14. The third-order valence-electron chi connectivity index (χ3n) is 3.67. The molecule has 0 atom stereocenters. The summed E-state index contributed by atoms with van der Waals surface area (Å²) >= 11 is 0. The highest BCUT2D eigenvalue weighted by Crippen LogP contribution is 2.21. The minimum absolute atomic E-state index is 0.0749. The van der Waals surface area contributed by atoms with Crippen LogP contribution in [0.15, 0.2) is 0 Å². The van der Waals surface area contributed by atoms with Crippen LogP contribution in [0.5, 0.6) is 0 Å². The van der Waals surface area contributed by atoms with Gasteiger partial charge in [-0.25, -0.2) is 0 Å². The highest BCUT2D eigenvalue weighted by Gasteiger charge is 2.27. The lowest BCUT2D eigenvalue weighted by Crippen LogP contribution is -2.45. The first-order valence-electron chi connectivity index (χ1n) is 6.54. The standard InChI is InChI=1S/C13H26N2O2/c1-5-13(2,3)12(16)17-11-10-15-8-6-14(4)7-9-15/h5-11H2,1-4H3. The largest absolute Gasteiger partial charge is 0.464 e. The van der Waals surface area contributed by atoms with Gasteiger partial charge in [0.05, 0.1) is 5.41 Å². The van der Waals surface area contributed by atoms with Crippen molar-refractivity contribution in [2.24, 2.45) is 5.41 Å². The van der Waals surface area contributed by atoms with Crippen molar-refractivity contribution in [1.82, 2.24) is 9.80 Å². The highest BCUT2D eigenvalue weighted by molar-refractivity contribution is 5.75. The van der Waals surface area contributed by atoms with Crippen LogP contribution >= 0.6 is 0 Å². The smallest absolute Gasteiger partial charge is 0.311 e. The molecule has 100 valence electrons. The van der Waals surface area contributed by atoms with Crippen molar-refractivity contribution >= 4 is 5.97 Å². The topological polar surface area (TPSA) is 32.8 Å². The van der Waals surface area contributed by atoms with Crippen LogP contribution in [0, 0.1) is 5.41 Å². The average Bonchev–Trinajstić information content (AvgIpc) is 2.31. The summed E-state index contributed by atoms with van der Waals surface area (Å²) < 4.78 is 5.33. The first kappa shape index (κ1) is 14.5. The first-order chi connectivity index (χ1) is 7.95. The molecule has 1 aliphatic rings. The van der Waals surface area contributed by atoms with E-state index in [4.69, 9.17) is 4.74 Å². The summed E-state index contributed by atoms with van der Waals surface area (Å²) in [6.07, 6.45) is 0.820. The molecular weight excluding hydrogens is 216 g/mol. The van der Waals surface area contributed by atoms with E-state index in [1.165, 1.54) is 0 Å². The van der Waals surface area contributed by atoms with Gasteiger partial charge in [0.2, 0.25) is 0 Å². The molecule has 1 rings (SSSR count). The highest BCUT2D eigenvalue weighted by atomic mass is 16.5. The van der Waals surface area contributed by atoms with Gasteiger partial charge in [-0.1, -0.05) is 6.92 Å². The molecule has 0 aromatic heterocycles. The molecule has 0 radical (unpaired) electrons. The van der Waals surface area contributed by atoms with Crippen molar-refractivity contribution < 1.29 is 9.53 Å². The molecule has 0 amide bonds. The number of nitrogens with zero attached hydrogens (tertiary/aromatic N) is 2. The third-order valence-corrected chi connectivity index (χ3v) is 3.67. The molecular formula is C13H26N2O2. The number of hydrogen-bond donors (Lipinski definition) is 0. The molecule has 0 bridgehead atoms. The summed E-state index contributed by atoms with van der Waals surface area (Å²) in [6, 6.07) is 0. The molecule has 4 heteroatoms.